The first-order chi connectivity index (χ1) is 12.5. The Kier molecular flexibility index (Phi) is 7.13. The van der Waals surface area contributed by atoms with Crippen molar-refractivity contribution in [1.82, 2.24) is 15.5 Å². The molecule has 1 unspecified atom stereocenters. The van der Waals surface area contributed by atoms with Crippen LogP contribution in [0, 0.1) is 0 Å². The van der Waals surface area contributed by atoms with Gasteiger partial charge in [-0.1, -0.05) is 19.3 Å². The average molecular weight is 403 g/mol. The molecule has 0 aromatic rings. The molecule has 150 valence electrons. The van der Waals surface area contributed by atoms with Gasteiger partial charge in [0, 0.05) is 42.7 Å². The second kappa shape index (κ2) is 9.15. The number of thioether (sulfide) groups is 1. The van der Waals surface area contributed by atoms with E-state index in [2.05, 4.69) is 34.2 Å². The summed E-state index contributed by atoms with van der Waals surface area (Å²) >= 11 is 2.06. The molecule has 1 saturated carbocycles. The molecule has 2 aliphatic heterocycles. The molecule has 3 fully saturated rings. The van der Waals surface area contributed by atoms with Crippen molar-refractivity contribution >= 4 is 27.6 Å². The first-order valence-corrected chi connectivity index (χ1v) is 13.1. The van der Waals surface area contributed by atoms with Crippen molar-refractivity contribution in [3.63, 3.8) is 0 Å². The van der Waals surface area contributed by atoms with E-state index in [4.69, 9.17) is 4.99 Å². The van der Waals surface area contributed by atoms with Gasteiger partial charge in [0.1, 0.15) is 0 Å². The minimum Gasteiger partial charge on any atom is -0.357 e. The normalized spacial score (nSPS) is 29.4. The smallest absolute Gasteiger partial charge is 0.191 e. The van der Waals surface area contributed by atoms with Crippen molar-refractivity contribution in [2.75, 3.05) is 49.2 Å². The van der Waals surface area contributed by atoms with Crippen LogP contribution in [-0.4, -0.2) is 80.0 Å². The highest BCUT2D eigenvalue weighted by molar-refractivity contribution is 7.99. The quantitative estimate of drug-likeness (QED) is 0.536. The van der Waals surface area contributed by atoms with Crippen LogP contribution in [0.3, 0.4) is 0 Å². The number of guanidine groups is 1. The molecule has 1 atom stereocenters. The summed E-state index contributed by atoms with van der Waals surface area (Å²) in [7, 11) is -2.88. The van der Waals surface area contributed by atoms with E-state index in [1.54, 1.807) is 0 Å². The fourth-order valence-corrected chi connectivity index (χ4v) is 7.05. The number of hydrogen-bond donors (Lipinski definition) is 2. The third kappa shape index (κ3) is 5.29. The van der Waals surface area contributed by atoms with E-state index in [9.17, 15) is 8.42 Å². The van der Waals surface area contributed by atoms with Gasteiger partial charge in [0.2, 0.25) is 0 Å². The van der Waals surface area contributed by atoms with Crippen LogP contribution in [0.25, 0.3) is 0 Å². The SMILES string of the molecule is CCNC(=NCC1(N2CCSCC2)CCCCC1)NC1CCS(=O)(=O)C1. The van der Waals surface area contributed by atoms with Crippen LogP contribution in [0.15, 0.2) is 4.99 Å². The largest absolute Gasteiger partial charge is 0.357 e. The van der Waals surface area contributed by atoms with Crippen molar-refractivity contribution in [3.05, 3.63) is 0 Å². The van der Waals surface area contributed by atoms with Crippen LogP contribution >= 0.6 is 11.8 Å². The van der Waals surface area contributed by atoms with Crippen molar-refractivity contribution in [2.45, 2.75) is 57.0 Å². The molecule has 26 heavy (non-hydrogen) atoms. The van der Waals surface area contributed by atoms with E-state index in [1.807, 2.05) is 0 Å². The topological polar surface area (TPSA) is 73.8 Å². The maximum Gasteiger partial charge on any atom is 0.191 e. The molecular formula is C18H34N4O2S2. The predicted octanol–water partition coefficient (Wildman–Crippen LogP) is 1.48. The average Bonchev–Trinajstić information content (AvgIpc) is 3.00. The summed E-state index contributed by atoms with van der Waals surface area (Å²) in [5.74, 6) is 3.75. The number of hydrogen-bond acceptors (Lipinski definition) is 5. The van der Waals surface area contributed by atoms with Gasteiger partial charge in [-0.3, -0.25) is 9.89 Å². The summed E-state index contributed by atoms with van der Waals surface area (Å²) in [6.45, 7) is 6.00. The highest BCUT2D eigenvalue weighted by Gasteiger charge is 2.38. The van der Waals surface area contributed by atoms with Crippen LogP contribution in [0.1, 0.15) is 45.4 Å². The first-order valence-electron chi connectivity index (χ1n) is 10.1. The Bertz CT molecular complexity index is 582. The third-order valence-electron chi connectivity index (χ3n) is 5.92. The minimum absolute atomic E-state index is 0.00788. The summed E-state index contributed by atoms with van der Waals surface area (Å²) in [4.78, 5) is 7.64. The molecule has 2 N–H and O–H groups in total. The van der Waals surface area contributed by atoms with E-state index in [-0.39, 0.29) is 17.3 Å². The fourth-order valence-electron chi connectivity index (χ4n) is 4.47. The molecule has 8 heteroatoms. The summed E-state index contributed by atoms with van der Waals surface area (Å²) < 4.78 is 23.5. The standard InChI is InChI=1S/C18H34N4O2S2/c1-2-19-17(21-16-6-13-26(23,24)14-16)20-15-18(7-4-3-5-8-18)22-9-11-25-12-10-22/h16H,2-15H2,1H3,(H2,19,20,21). The Morgan fingerprint density at radius 1 is 1.23 bits per heavy atom. The van der Waals surface area contributed by atoms with E-state index < -0.39 is 9.84 Å². The minimum atomic E-state index is -2.88. The number of aliphatic imine (C=N–C) groups is 1. The maximum atomic E-state index is 11.7. The molecule has 0 aromatic heterocycles. The lowest BCUT2D eigenvalue weighted by atomic mass is 9.80. The fraction of sp³-hybridized carbons (Fsp3) is 0.944. The van der Waals surface area contributed by atoms with E-state index >= 15 is 0 Å². The molecule has 1 aliphatic carbocycles. The summed E-state index contributed by atoms with van der Waals surface area (Å²) in [6.07, 6.45) is 7.08. The lowest BCUT2D eigenvalue weighted by Crippen LogP contribution is -2.56. The molecule has 0 spiro atoms. The molecule has 2 saturated heterocycles. The Hall–Kier alpha value is -0.470. The van der Waals surface area contributed by atoms with Gasteiger partial charge in [0.25, 0.3) is 0 Å². The monoisotopic (exact) mass is 402 g/mol. The van der Waals surface area contributed by atoms with Crippen LogP contribution in [-0.2, 0) is 9.84 Å². The Labute approximate surface area is 162 Å². The first kappa shape index (κ1) is 20.3. The Morgan fingerprint density at radius 2 is 1.96 bits per heavy atom. The molecule has 0 radical (unpaired) electrons. The molecule has 0 aromatic carbocycles. The zero-order chi connectivity index (χ0) is 18.5. The molecule has 2 heterocycles. The summed E-state index contributed by atoms with van der Waals surface area (Å²) in [5, 5.41) is 6.69. The molecular weight excluding hydrogens is 368 g/mol. The van der Waals surface area contributed by atoms with Crippen LogP contribution in [0.5, 0.6) is 0 Å². The summed E-state index contributed by atoms with van der Waals surface area (Å²) in [5.41, 5.74) is 0.198. The Balaban J connectivity index is 1.68. The van der Waals surface area contributed by atoms with Gasteiger partial charge >= 0.3 is 0 Å². The van der Waals surface area contributed by atoms with Gasteiger partial charge in [0.05, 0.1) is 18.1 Å². The molecule has 3 rings (SSSR count). The lowest BCUT2D eigenvalue weighted by Gasteiger charge is -2.47. The third-order valence-corrected chi connectivity index (χ3v) is 8.63. The number of sulfone groups is 1. The number of rotatable bonds is 5. The number of nitrogens with zero attached hydrogens (tertiary/aromatic N) is 2. The second-order valence-corrected chi connectivity index (χ2v) is 11.3. The lowest BCUT2D eigenvalue weighted by molar-refractivity contribution is 0.0671. The second-order valence-electron chi connectivity index (χ2n) is 7.82. The highest BCUT2D eigenvalue weighted by Crippen LogP contribution is 2.35. The van der Waals surface area contributed by atoms with E-state index in [0.717, 1.165) is 19.0 Å². The van der Waals surface area contributed by atoms with Crippen LogP contribution < -0.4 is 10.6 Å². The zero-order valence-corrected chi connectivity index (χ0v) is 17.6. The van der Waals surface area contributed by atoms with Gasteiger partial charge in [-0.05, 0) is 26.2 Å². The molecule has 0 bridgehead atoms. The molecule has 0 amide bonds. The van der Waals surface area contributed by atoms with Crippen molar-refractivity contribution in [1.29, 1.82) is 0 Å². The van der Waals surface area contributed by atoms with Crippen molar-refractivity contribution < 1.29 is 8.42 Å². The van der Waals surface area contributed by atoms with Gasteiger partial charge < -0.3 is 10.6 Å². The van der Waals surface area contributed by atoms with Gasteiger partial charge in [-0.2, -0.15) is 11.8 Å². The van der Waals surface area contributed by atoms with Gasteiger partial charge in [-0.25, -0.2) is 8.42 Å². The van der Waals surface area contributed by atoms with E-state index in [0.29, 0.717) is 12.2 Å². The zero-order valence-electron chi connectivity index (χ0n) is 16.0. The molecule has 3 aliphatic rings. The highest BCUT2D eigenvalue weighted by atomic mass is 32.2. The number of nitrogens with one attached hydrogen (secondary N) is 2. The maximum absolute atomic E-state index is 11.7. The van der Waals surface area contributed by atoms with E-state index in [1.165, 1.54) is 56.7 Å². The molecule has 6 nitrogen and oxygen atoms in total. The van der Waals surface area contributed by atoms with Gasteiger partial charge in [-0.15, -0.1) is 0 Å². The van der Waals surface area contributed by atoms with Crippen molar-refractivity contribution in [2.24, 2.45) is 4.99 Å². The summed E-state index contributed by atoms with van der Waals surface area (Å²) in [6, 6.07) is -0.00788. The Morgan fingerprint density at radius 3 is 2.58 bits per heavy atom. The van der Waals surface area contributed by atoms with Crippen LogP contribution in [0.4, 0.5) is 0 Å². The van der Waals surface area contributed by atoms with Crippen molar-refractivity contribution in [3.8, 4) is 0 Å². The van der Waals surface area contributed by atoms with Crippen LogP contribution in [0.2, 0.25) is 0 Å². The van der Waals surface area contributed by atoms with Gasteiger partial charge in [0.15, 0.2) is 15.8 Å². The predicted molar refractivity (Wildman–Crippen MR) is 111 cm³/mol.